The van der Waals surface area contributed by atoms with Crippen LogP contribution in [0.25, 0.3) is 0 Å². The zero-order chi connectivity index (χ0) is 9.84. The molecule has 0 aliphatic carbocycles. The summed E-state index contributed by atoms with van der Waals surface area (Å²) in [7, 11) is 1.82. The summed E-state index contributed by atoms with van der Waals surface area (Å²) in [5, 5.41) is 7.67. The molecule has 72 valence electrons. The summed E-state index contributed by atoms with van der Waals surface area (Å²) in [5.41, 5.74) is 0.974. The maximum atomic E-state index is 11.1. The average molecular weight is 246 g/mol. The van der Waals surface area contributed by atoms with E-state index in [2.05, 4.69) is 26.2 Å². The molecule has 0 aliphatic rings. The fraction of sp³-hybridized carbons (Fsp3) is 0.625. The van der Waals surface area contributed by atoms with Crippen LogP contribution in [0, 0.1) is 0 Å². The van der Waals surface area contributed by atoms with E-state index in [9.17, 15) is 4.79 Å². The summed E-state index contributed by atoms with van der Waals surface area (Å²) >= 11 is 3.28. The Morgan fingerprint density at radius 1 is 1.62 bits per heavy atom. The molecule has 1 aromatic heterocycles. The van der Waals surface area contributed by atoms with Gasteiger partial charge in [0.1, 0.15) is 5.78 Å². The summed E-state index contributed by atoms with van der Waals surface area (Å²) in [6, 6.07) is 0. The SMILES string of the molecule is CCC(=O)CCc1c(Br)nnn1C. The first-order chi connectivity index (χ1) is 6.15. The normalized spacial score (nSPS) is 10.4. The molecule has 13 heavy (non-hydrogen) atoms. The lowest BCUT2D eigenvalue weighted by Crippen LogP contribution is -2.03. The van der Waals surface area contributed by atoms with Crippen molar-refractivity contribution in [1.82, 2.24) is 15.0 Å². The van der Waals surface area contributed by atoms with Crippen LogP contribution in [0.4, 0.5) is 0 Å². The first-order valence-corrected chi connectivity index (χ1v) is 5.00. The number of hydrogen-bond acceptors (Lipinski definition) is 3. The Morgan fingerprint density at radius 2 is 2.31 bits per heavy atom. The summed E-state index contributed by atoms with van der Waals surface area (Å²) in [6.45, 7) is 1.87. The van der Waals surface area contributed by atoms with Gasteiger partial charge in [-0.2, -0.15) is 0 Å². The van der Waals surface area contributed by atoms with Gasteiger partial charge in [0.2, 0.25) is 0 Å². The number of carbonyl (C=O) groups excluding carboxylic acids is 1. The Morgan fingerprint density at radius 3 is 2.77 bits per heavy atom. The van der Waals surface area contributed by atoms with Gasteiger partial charge in [0, 0.05) is 19.9 Å². The van der Waals surface area contributed by atoms with E-state index in [1.165, 1.54) is 0 Å². The summed E-state index contributed by atoms with van der Waals surface area (Å²) in [5.74, 6) is 0.271. The number of aromatic nitrogens is 3. The van der Waals surface area contributed by atoms with Gasteiger partial charge in [-0.3, -0.25) is 9.48 Å². The van der Waals surface area contributed by atoms with Crippen LogP contribution in [-0.4, -0.2) is 20.8 Å². The van der Waals surface area contributed by atoms with Crippen LogP contribution in [0.2, 0.25) is 0 Å². The van der Waals surface area contributed by atoms with Gasteiger partial charge in [0.05, 0.1) is 5.69 Å². The van der Waals surface area contributed by atoms with E-state index < -0.39 is 0 Å². The molecule has 1 heterocycles. The van der Waals surface area contributed by atoms with Crippen molar-refractivity contribution in [1.29, 1.82) is 0 Å². The predicted molar refractivity (Wildman–Crippen MR) is 52.3 cm³/mol. The zero-order valence-electron chi connectivity index (χ0n) is 7.75. The summed E-state index contributed by atoms with van der Waals surface area (Å²) in [4.78, 5) is 11.1. The molecule has 0 spiro atoms. The maximum absolute atomic E-state index is 11.1. The van der Waals surface area contributed by atoms with Crippen molar-refractivity contribution in [3.63, 3.8) is 0 Å². The molecular weight excluding hydrogens is 234 g/mol. The Bertz CT molecular complexity index is 289. The fourth-order valence-electron chi connectivity index (χ4n) is 1.05. The molecule has 0 N–H and O–H groups in total. The molecule has 0 unspecified atom stereocenters. The summed E-state index contributed by atoms with van der Waals surface area (Å²) in [6.07, 6.45) is 1.87. The van der Waals surface area contributed by atoms with Crippen molar-refractivity contribution in [2.24, 2.45) is 7.05 Å². The van der Waals surface area contributed by atoms with Gasteiger partial charge >= 0.3 is 0 Å². The van der Waals surface area contributed by atoms with E-state index in [4.69, 9.17) is 0 Å². The monoisotopic (exact) mass is 245 g/mol. The Balaban J connectivity index is 2.58. The largest absolute Gasteiger partial charge is 0.300 e. The van der Waals surface area contributed by atoms with Crippen LogP contribution in [0.15, 0.2) is 4.60 Å². The fourth-order valence-corrected chi connectivity index (χ4v) is 1.58. The highest BCUT2D eigenvalue weighted by atomic mass is 79.9. The molecule has 1 aromatic rings. The highest BCUT2D eigenvalue weighted by molar-refractivity contribution is 9.10. The Labute approximate surface area is 85.4 Å². The van der Waals surface area contributed by atoms with Crippen molar-refractivity contribution in [3.05, 3.63) is 10.3 Å². The van der Waals surface area contributed by atoms with Gasteiger partial charge < -0.3 is 0 Å². The van der Waals surface area contributed by atoms with Crippen LogP contribution in [0.3, 0.4) is 0 Å². The Kier molecular flexibility index (Phi) is 3.59. The number of aryl methyl sites for hydroxylation is 1. The minimum absolute atomic E-state index is 0.271. The maximum Gasteiger partial charge on any atom is 0.151 e. The standard InChI is InChI=1S/C8H12BrN3O/c1-3-6(13)4-5-7-8(9)10-11-12(7)2/h3-5H2,1-2H3. The van der Waals surface area contributed by atoms with Gasteiger partial charge in [0.15, 0.2) is 4.60 Å². The zero-order valence-corrected chi connectivity index (χ0v) is 9.34. The van der Waals surface area contributed by atoms with Gasteiger partial charge in [-0.15, -0.1) is 5.10 Å². The molecule has 0 saturated carbocycles. The lowest BCUT2D eigenvalue weighted by Gasteiger charge is -1.99. The molecule has 0 aromatic carbocycles. The van der Waals surface area contributed by atoms with Crippen LogP contribution in [-0.2, 0) is 18.3 Å². The van der Waals surface area contributed by atoms with E-state index in [1.807, 2.05) is 14.0 Å². The first-order valence-electron chi connectivity index (χ1n) is 4.21. The van der Waals surface area contributed by atoms with E-state index in [1.54, 1.807) is 4.68 Å². The quantitative estimate of drug-likeness (QED) is 0.808. The molecule has 0 amide bonds. The van der Waals surface area contributed by atoms with Crippen molar-refractivity contribution in [3.8, 4) is 0 Å². The molecule has 4 nitrogen and oxygen atoms in total. The summed E-state index contributed by atoms with van der Waals surface area (Å²) < 4.78 is 2.42. The third-order valence-electron chi connectivity index (χ3n) is 1.93. The number of carbonyl (C=O) groups is 1. The third kappa shape index (κ3) is 2.62. The second-order valence-corrected chi connectivity index (χ2v) is 3.59. The lowest BCUT2D eigenvalue weighted by molar-refractivity contribution is -0.118. The molecule has 5 heteroatoms. The van der Waals surface area contributed by atoms with E-state index in [0.717, 1.165) is 10.3 Å². The highest BCUT2D eigenvalue weighted by Gasteiger charge is 2.08. The Hall–Kier alpha value is -0.710. The smallest absolute Gasteiger partial charge is 0.151 e. The van der Waals surface area contributed by atoms with E-state index in [0.29, 0.717) is 19.3 Å². The molecule has 0 bridgehead atoms. The van der Waals surface area contributed by atoms with Gasteiger partial charge in [0.25, 0.3) is 0 Å². The number of halogens is 1. The third-order valence-corrected chi connectivity index (χ3v) is 2.55. The van der Waals surface area contributed by atoms with Crippen molar-refractivity contribution >= 4 is 21.7 Å². The molecule has 0 aliphatic heterocycles. The van der Waals surface area contributed by atoms with Crippen LogP contribution >= 0.6 is 15.9 Å². The molecule has 1 rings (SSSR count). The number of Topliss-reactive ketones (excluding diaryl/α,β-unsaturated/α-hetero) is 1. The lowest BCUT2D eigenvalue weighted by atomic mass is 10.1. The van der Waals surface area contributed by atoms with Crippen LogP contribution < -0.4 is 0 Å². The average Bonchev–Trinajstić information content (AvgIpc) is 2.43. The van der Waals surface area contributed by atoms with Crippen molar-refractivity contribution in [2.45, 2.75) is 26.2 Å². The second-order valence-electron chi connectivity index (χ2n) is 2.84. The molecule has 0 atom stereocenters. The predicted octanol–water partition coefficient (Wildman–Crippen LogP) is 1.49. The number of nitrogens with zero attached hydrogens (tertiary/aromatic N) is 3. The topological polar surface area (TPSA) is 47.8 Å². The number of ketones is 1. The minimum atomic E-state index is 0.271. The highest BCUT2D eigenvalue weighted by Crippen LogP contribution is 2.13. The van der Waals surface area contributed by atoms with Gasteiger partial charge in [-0.05, 0) is 22.4 Å². The van der Waals surface area contributed by atoms with Crippen molar-refractivity contribution < 1.29 is 4.79 Å². The van der Waals surface area contributed by atoms with Gasteiger partial charge in [-0.1, -0.05) is 12.1 Å². The minimum Gasteiger partial charge on any atom is -0.300 e. The first kappa shape index (κ1) is 10.4. The number of hydrogen-bond donors (Lipinski definition) is 0. The molecule has 0 fully saturated rings. The van der Waals surface area contributed by atoms with Crippen molar-refractivity contribution in [2.75, 3.05) is 0 Å². The second kappa shape index (κ2) is 4.50. The van der Waals surface area contributed by atoms with Gasteiger partial charge in [-0.25, -0.2) is 0 Å². The van der Waals surface area contributed by atoms with Crippen LogP contribution in [0.5, 0.6) is 0 Å². The molecule has 0 radical (unpaired) electrons. The molecule has 0 saturated heterocycles. The van der Waals surface area contributed by atoms with Crippen LogP contribution in [0.1, 0.15) is 25.5 Å². The molecular formula is C8H12BrN3O. The van der Waals surface area contributed by atoms with E-state index in [-0.39, 0.29) is 5.78 Å². The number of rotatable bonds is 4. The van der Waals surface area contributed by atoms with E-state index >= 15 is 0 Å².